The maximum absolute atomic E-state index is 13.5. The number of carbonyl (C=O) groups excluding carboxylic acids is 2. The van der Waals surface area contributed by atoms with E-state index in [4.69, 9.17) is 9.88 Å². The summed E-state index contributed by atoms with van der Waals surface area (Å²) in [6.07, 6.45) is -1.13. The van der Waals surface area contributed by atoms with E-state index in [0.717, 1.165) is 11.8 Å². The van der Waals surface area contributed by atoms with E-state index in [9.17, 15) is 22.4 Å². The van der Waals surface area contributed by atoms with Crippen LogP contribution in [0.1, 0.15) is 6.92 Å². The summed E-state index contributed by atoms with van der Waals surface area (Å²) in [5.74, 6) is -1.95. The summed E-state index contributed by atoms with van der Waals surface area (Å²) >= 11 is 0.956. The maximum atomic E-state index is 13.5. The maximum Gasteiger partial charge on any atom is 0.317 e. The van der Waals surface area contributed by atoms with Gasteiger partial charge in [0.15, 0.2) is 6.10 Å². The number of sulfonamides is 1. The first-order valence-electron chi connectivity index (χ1n) is 7.67. The van der Waals surface area contributed by atoms with Crippen LogP contribution in [0.3, 0.4) is 0 Å². The number of halogens is 1. The molecule has 27 heavy (non-hydrogen) atoms. The zero-order chi connectivity index (χ0) is 20.0. The molecule has 0 aliphatic heterocycles. The second-order valence-electron chi connectivity index (χ2n) is 5.41. The zero-order valence-corrected chi connectivity index (χ0v) is 15.8. The molecule has 1 amide bonds. The number of esters is 1. The molecular formula is C17H17FN2O5S2. The molecule has 2 aromatic rings. The van der Waals surface area contributed by atoms with Crippen molar-refractivity contribution in [2.75, 3.05) is 11.1 Å². The highest BCUT2D eigenvalue weighted by atomic mass is 32.2. The summed E-state index contributed by atoms with van der Waals surface area (Å²) in [5.41, 5.74) is 0.190. The van der Waals surface area contributed by atoms with Crippen LogP contribution in [0.2, 0.25) is 0 Å². The minimum atomic E-state index is -3.91. The Balaban J connectivity index is 1.90. The van der Waals surface area contributed by atoms with E-state index >= 15 is 0 Å². The normalized spacial score (nSPS) is 12.3. The van der Waals surface area contributed by atoms with Gasteiger partial charge in [-0.15, -0.1) is 11.8 Å². The predicted octanol–water partition coefficient (Wildman–Crippen LogP) is 2.14. The van der Waals surface area contributed by atoms with E-state index in [1.807, 2.05) is 0 Å². The van der Waals surface area contributed by atoms with Crippen molar-refractivity contribution in [1.29, 1.82) is 0 Å². The van der Waals surface area contributed by atoms with E-state index in [1.165, 1.54) is 49.4 Å². The Morgan fingerprint density at radius 1 is 1.22 bits per heavy atom. The third kappa shape index (κ3) is 6.35. The highest BCUT2D eigenvalue weighted by Crippen LogP contribution is 2.21. The van der Waals surface area contributed by atoms with Crippen LogP contribution in [-0.4, -0.2) is 32.2 Å². The van der Waals surface area contributed by atoms with Crippen LogP contribution in [0.25, 0.3) is 0 Å². The summed E-state index contributed by atoms with van der Waals surface area (Å²) in [4.78, 5) is 24.1. The van der Waals surface area contributed by atoms with Crippen molar-refractivity contribution in [1.82, 2.24) is 0 Å². The minimum absolute atomic E-state index is 0.161. The molecule has 0 saturated heterocycles. The topological polar surface area (TPSA) is 116 Å². The molecule has 0 aliphatic rings. The van der Waals surface area contributed by atoms with E-state index in [0.29, 0.717) is 4.90 Å². The van der Waals surface area contributed by atoms with Crippen molar-refractivity contribution in [2.24, 2.45) is 5.14 Å². The lowest BCUT2D eigenvalue weighted by molar-refractivity contribution is -0.150. The van der Waals surface area contributed by atoms with E-state index in [1.54, 1.807) is 6.07 Å². The molecule has 0 radical (unpaired) electrons. The van der Waals surface area contributed by atoms with Gasteiger partial charge in [0.25, 0.3) is 5.91 Å². The molecule has 0 unspecified atom stereocenters. The summed E-state index contributed by atoms with van der Waals surface area (Å²) < 4.78 is 41.2. The first-order valence-corrected chi connectivity index (χ1v) is 10.2. The second-order valence-corrected chi connectivity index (χ2v) is 7.99. The fourth-order valence-electron chi connectivity index (χ4n) is 1.98. The Labute approximate surface area is 160 Å². The first-order chi connectivity index (χ1) is 12.7. The van der Waals surface area contributed by atoms with Crippen molar-refractivity contribution >= 4 is 39.3 Å². The van der Waals surface area contributed by atoms with Gasteiger partial charge in [0, 0.05) is 10.6 Å². The summed E-state index contributed by atoms with van der Waals surface area (Å²) in [5, 5.41) is 7.47. The number of anilines is 1. The highest BCUT2D eigenvalue weighted by Gasteiger charge is 2.19. The number of amides is 1. The van der Waals surface area contributed by atoms with Crippen LogP contribution in [0, 0.1) is 5.82 Å². The van der Waals surface area contributed by atoms with E-state index < -0.39 is 33.8 Å². The Morgan fingerprint density at radius 3 is 2.59 bits per heavy atom. The van der Waals surface area contributed by atoms with Gasteiger partial charge in [0.05, 0.1) is 10.6 Å². The van der Waals surface area contributed by atoms with Gasteiger partial charge in [-0.05, 0) is 37.3 Å². The van der Waals surface area contributed by atoms with Crippen LogP contribution >= 0.6 is 11.8 Å². The number of nitrogens with one attached hydrogen (secondary N) is 1. The highest BCUT2D eigenvalue weighted by molar-refractivity contribution is 8.00. The van der Waals surface area contributed by atoms with Gasteiger partial charge < -0.3 is 10.1 Å². The number of rotatable bonds is 7. The minimum Gasteiger partial charge on any atom is -0.452 e. The molecule has 1 atom stereocenters. The van der Waals surface area contributed by atoms with E-state index in [-0.39, 0.29) is 16.3 Å². The van der Waals surface area contributed by atoms with Crippen LogP contribution in [0.4, 0.5) is 10.1 Å². The predicted molar refractivity (Wildman–Crippen MR) is 99.1 cm³/mol. The van der Waals surface area contributed by atoms with Crippen molar-refractivity contribution in [2.45, 2.75) is 22.8 Å². The van der Waals surface area contributed by atoms with Gasteiger partial charge in [0.2, 0.25) is 10.0 Å². The standard InChI is InChI=1S/C17H17FN2O5S2/c1-11(25-16(21)10-26-15-8-3-2-7-14(15)18)17(22)20-12-5-4-6-13(9-12)27(19,23)24/h2-9,11H,10H2,1H3,(H,20,22)(H2,19,23,24)/t11-/m0/s1. The van der Waals surface area contributed by atoms with Gasteiger partial charge in [-0.1, -0.05) is 18.2 Å². The van der Waals surface area contributed by atoms with Gasteiger partial charge in [-0.3, -0.25) is 9.59 Å². The molecule has 0 aliphatic carbocycles. The summed E-state index contributed by atoms with van der Waals surface area (Å²) in [6, 6.07) is 11.3. The molecule has 2 rings (SSSR count). The number of primary sulfonamides is 1. The van der Waals surface area contributed by atoms with Crippen LogP contribution in [-0.2, 0) is 24.3 Å². The van der Waals surface area contributed by atoms with Crippen molar-refractivity contribution < 1.29 is 27.1 Å². The molecule has 0 aromatic heterocycles. The molecule has 144 valence electrons. The number of hydrogen-bond donors (Lipinski definition) is 2. The molecular weight excluding hydrogens is 395 g/mol. The number of ether oxygens (including phenoxy) is 1. The summed E-state index contributed by atoms with van der Waals surface area (Å²) in [7, 11) is -3.91. The molecule has 0 spiro atoms. The lowest BCUT2D eigenvalue weighted by Crippen LogP contribution is -2.30. The summed E-state index contributed by atoms with van der Waals surface area (Å²) in [6.45, 7) is 1.37. The Kier molecular flexibility index (Phi) is 6.94. The monoisotopic (exact) mass is 412 g/mol. The molecule has 0 bridgehead atoms. The average molecular weight is 412 g/mol. The second kappa shape index (κ2) is 8.98. The number of carbonyl (C=O) groups is 2. The Bertz CT molecular complexity index is 950. The Morgan fingerprint density at radius 2 is 1.93 bits per heavy atom. The van der Waals surface area contributed by atoms with Crippen molar-refractivity contribution in [3.8, 4) is 0 Å². The molecule has 3 N–H and O–H groups in total. The molecule has 0 saturated carbocycles. The third-order valence-corrected chi connectivity index (χ3v) is 5.22. The molecule has 0 heterocycles. The SMILES string of the molecule is C[C@H](OC(=O)CSc1ccccc1F)C(=O)Nc1cccc(S(N)(=O)=O)c1. The fraction of sp³-hybridized carbons (Fsp3) is 0.176. The van der Waals surface area contributed by atoms with E-state index in [2.05, 4.69) is 5.32 Å². The number of hydrogen-bond acceptors (Lipinski definition) is 6. The van der Waals surface area contributed by atoms with Crippen LogP contribution in [0.15, 0.2) is 58.3 Å². The lowest BCUT2D eigenvalue weighted by Gasteiger charge is -2.14. The average Bonchev–Trinajstić information content (AvgIpc) is 2.60. The van der Waals surface area contributed by atoms with Gasteiger partial charge in [0.1, 0.15) is 5.82 Å². The van der Waals surface area contributed by atoms with Crippen LogP contribution < -0.4 is 10.5 Å². The molecule has 2 aromatic carbocycles. The quantitative estimate of drug-likeness (QED) is 0.532. The van der Waals surface area contributed by atoms with Gasteiger partial charge >= 0.3 is 5.97 Å². The van der Waals surface area contributed by atoms with Gasteiger partial charge in [-0.2, -0.15) is 0 Å². The zero-order valence-electron chi connectivity index (χ0n) is 14.2. The number of benzene rings is 2. The smallest absolute Gasteiger partial charge is 0.317 e. The lowest BCUT2D eigenvalue weighted by atomic mass is 10.3. The number of thioether (sulfide) groups is 1. The molecule has 0 fully saturated rings. The van der Waals surface area contributed by atoms with Crippen molar-refractivity contribution in [3.63, 3.8) is 0 Å². The largest absolute Gasteiger partial charge is 0.452 e. The first kappa shape index (κ1) is 20.9. The molecule has 10 heteroatoms. The Hall–Kier alpha value is -2.43. The van der Waals surface area contributed by atoms with Crippen LogP contribution in [0.5, 0.6) is 0 Å². The van der Waals surface area contributed by atoms with Gasteiger partial charge in [-0.25, -0.2) is 17.9 Å². The third-order valence-electron chi connectivity index (χ3n) is 3.29. The number of nitrogens with two attached hydrogens (primary N) is 1. The van der Waals surface area contributed by atoms with Crippen molar-refractivity contribution in [3.05, 3.63) is 54.3 Å². The molecule has 7 nitrogen and oxygen atoms in total. The fourth-order valence-corrected chi connectivity index (χ4v) is 3.26.